The highest BCUT2D eigenvalue weighted by molar-refractivity contribution is 5.92. The molecule has 0 fully saturated rings. The molecule has 0 saturated carbocycles. The van der Waals surface area contributed by atoms with Crippen molar-refractivity contribution >= 4 is 10.9 Å². The van der Waals surface area contributed by atoms with E-state index in [9.17, 15) is 0 Å². The summed E-state index contributed by atoms with van der Waals surface area (Å²) in [6.45, 7) is 2.88. The van der Waals surface area contributed by atoms with E-state index < -0.39 is 0 Å². The van der Waals surface area contributed by atoms with Crippen molar-refractivity contribution in [2.45, 2.75) is 13.5 Å². The zero-order valence-corrected chi connectivity index (χ0v) is 10.4. The van der Waals surface area contributed by atoms with E-state index in [2.05, 4.69) is 12.0 Å². The van der Waals surface area contributed by atoms with Gasteiger partial charge in [0.05, 0.1) is 18.9 Å². The number of ether oxygens (including phenoxy) is 1. The monoisotopic (exact) mass is 242 g/mol. The van der Waals surface area contributed by atoms with Gasteiger partial charge < -0.3 is 9.15 Å². The molecule has 1 aromatic carbocycles. The van der Waals surface area contributed by atoms with E-state index in [1.54, 1.807) is 13.4 Å². The van der Waals surface area contributed by atoms with Crippen molar-refractivity contribution in [3.63, 3.8) is 0 Å². The molecule has 3 aromatic rings. The highest BCUT2D eigenvalue weighted by Crippen LogP contribution is 2.30. The Morgan fingerprint density at radius 1 is 1.33 bits per heavy atom. The molecule has 0 aliphatic carbocycles. The molecule has 0 aliphatic heterocycles. The minimum absolute atomic E-state index is 0.789. The van der Waals surface area contributed by atoms with E-state index in [0.29, 0.717) is 0 Å². The van der Waals surface area contributed by atoms with E-state index in [0.717, 1.165) is 34.7 Å². The third-order valence-corrected chi connectivity index (χ3v) is 3.01. The zero-order valence-electron chi connectivity index (χ0n) is 10.4. The molecule has 0 N–H and O–H groups in total. The number of furan rings is 1. The molecule has 0 bridgehead atoms. The van der Waals surface area contributed by atoms with Gasteiger partial charge in [-0.2, -0.15) is 5.10 Å². The Morgan fingerprint density at radius 2 is 2.22 bits per heavy atom. The number of hydrogen-bond acceptors (Lipinski definition) is 3. The summed E-state index contributed by atoms with van der Waals surface area (Å²) in [5, 5.41) is 5.67. The number of aromatic nitrogens is 2. The summed E-state index contributed by atoms with van der Waals surface area (Å²) >= 11 is 0. The maximum atomic E-state index is 5.43. The van der Waals surface area contributed by atoms with Crippen LogP contribution in [0.2, 0.25) is 0 Å². The SMILES string of the molecule is CCn1nc(-c2ccco2)c2ccc(OC)cc21. The van der Waals surface area contributed by atoms with Crippen LogP contribution in [0.4, 0.5) is 0 Å². The summed E-state index contributed by atoms with van der Waals surface area (Å²) < 4.78 is 12.6. The fourth-order valence-corrected chi connectivity index (χ4v) is 2.12. The standard InChI is InChI=1S/C14H14N2O2/c1-3-16-12-9-10(17-2)6-7-11(12)14(15-16)13-5-4-8-18-13/h4-9H,3H2,1-2H3. The smallest absolute Gasteiger partial charge is 0.154 e. The van der Waals surface area contributed by atoms with Gasteiger partial charge in [-0.15, -0.1) is 0 Å². The lowest BCUT2D eigenvalue weighted by molar-refractivity contribution is 0.415. The van der Waals surface area contributed by atoms with Gasteiger partial charge in [-0.25, -0.2) is 0 Å². The molecule has 4 heteroatoms. The zero-order chi connectivity index (χ0) is 12.5. The summed E-state index contributed by atoms with van der Waals surface area (Å²) in [4.78, 5) is 0. The molecule has 0 radical (unpaired) electrons. The van der Waals surface area contributed by atoms with Crippen molar-refractivity contribution in [1.82, 2.24) is 9.78 Å². The maximum Gasteiger partial charge on any atom is 0.154 e. The number of methoxy groups -OCH3 is 1. The highest BCUT2D eigenvalue weighted by atomic mass is 16.5. The quantitative estimate of drug-likeness (QED) is 0.707. The van der Waals surface area contributed by atoms with Crippen LogP contribution in [-0.2, 0) is 6.54 Å². The Morgan fingerprint density at radius 3 is 2.89 bits per heavy atom. The van der Waals surface area contributed by atoms with Crippen LogP contribution in [0.1, 0.15) is 6.92 Å². The first-order valence-corrected chi connectivity index (χ1v) is 5.92. The molecule has 4 nitrogen and oxygen atoms in total. The first-order valence-electron chi connectivity index (χ1n) is 5.92. The lowest BCUT2D eigenvalue weighted by Crippen LogP contribution is -1.96. The molecule has 0 amide bonds. The molecule has 0 unspecified atom stereocenters. The lowest BCUT2D eigenvalue weighted by Gasteiger charge is -2.01. The van der Waals surface area contributed by atoms with Crippen molar-refractivity contribution in [1.29, 1.82) is 0 Å². The molecule has 3 rings (SSSR count). The van der Waals surface area contributed by atoms with Gasteiger partial charge >= 0.3 is 0 Å². The molecular formula is C14H14N2O2. The van der Waals surface area contributed by atoms with E-state index in [-0.39, 0.29) is 0 Å². The highest BCUT2D eigenvalue weighted by Gasteiger charge is 2.14. The first kappa shape index (κ1) is 10.9. The predicted octanol–water partition coefficient (Wildman–Crippen LogP) is 3.32. The number of aryl methyl sites for hydroxylation is 1. The van der Waals surface area contributed by atoms with Crippen LogP contribution >= 0.6 is 0 Å². The van der Waals surface area contributed by atoms with Crippen LogP contribution < -0.4 is 4.74 Å². The van der Waals surface area contributed by atoms with E-state index >= 15 is 0 Å². The van der Waals surface area contributed by atoms with E-state index in [1.165, 1.54) is 0 Å². The van der Waals surface area contributed by atoms with Crippen molar-refractivity contribution in [3.05, 3.63) is 36.6 Å². The van der Waals surface area contributed by atoms with Gasteiger partial charge in [0.2, 0.25) is 0 Å². The van der Waals surface area contributed by atoms with Crippen LogP contribution in [-0.4, -0.2) is 16.9 Å². The maximum absolute atomic E-state index is 5.43. The lowest BCUT2D eigenvalue weighted by atomic mass is 10.1. The predicted molar refractivity (Wildman–Crippen MR) is 69.7 cm³/mol. The van der Waals surface area contributed by atoms with Crippen LogP contribution in [0.15, 0.2) is 41.0 Å². The number of fused-ring (bicyclic) bond motifs is 1. The second-order valence-electron chi connectivity index (χ2n) is 4.02. The fraction of sp³-hybridized carbons (Fsp3) is 0.214. The minimum atomic E-state index is 0.789. The Kier molecular flexibility index (Phi) is 2.55. The molecule has 0 saturated heterocycles. The van der Waals surface area contributed by atoms with E-state index in [1.807, 2.05) is 35.0 Å². The molecule has 2 heterocycles. The molecule has 0 spiro atoms. The van der Waals surface area contributed by atoms with Crippen LogP contribution in [0.5, 0.6) is 5.75 Å². The third-order valence-electron chi connectivity index (χ3n) is 3.01. The van der Waals surface area contributed by atoms with E-state index in [4.69, 9.17) is 9.15 Å². The van der Waals surface area contributed by atoms with Gasteiger partial charge in [-0.1, -0.05) is 0 Å². The molecule has 2 aromatic heterocycles. The Bertz CT molecular complexity index is 668. The van der Waals surface area contributed by atoms with Crippen molar-refractivity contribution in [2.24, 2.45) is 0 Å². The average Bonchev–Trinajstić information content (AvgIpc) is 3.04. The normalized spacial score (nSPS) is 11.0. The largest absolute Gasteiger partial charge is 0.497 e. The number of rotatable bonds is 3. The van der Waals surface area contributed by atoms with Crippen molar-refractivity contribution in [3.8, 4) is 17.2 Å². The summed E-state index contributed by atoms with van der Waals surface area (Å²) in [6.07, 6.45) is 1.66. The topological polar surface area (TPSA) is 40.2 Å². The minimum Gasteiger partial charge on any atom is -0.497 e. The second kappa shape index (κ2) is 4.22. The third kappa shape index (κ3) is 1.57. The Balaban J connectivity index is 2.28. The number of hydrogen-bond donors (Lipinski definition) is 0. The van der Waals surface area contributed by atoms with Crippen molar-refractivity contribution < 1.29 is 9.15 Å². The van der Waals surface area contributed by atoms with Crippen molar-refractivity contribution in [2.75, 3.05) is 7.11 Å². The average molecular weight is 242 g/mol. The molecule has 0 aliphatic rings. The second-order valence-corrected chi connectivity index (χ2v) is 4.02. The molecular weight excluding hydrogens is 228 g/mol. The van der Waals surface area contributed by atoms with Crippen LogP contribution in [0, 0.1) is 0 Å². The molecule has 18 heavy (non-hydrogen) atoms. The molecule has 0 atom stereocenters. The summed E-state index contributed by atoms with van der Waals surface area (Å²) in [5.41, 5.74) is 1.93. The van der Waals surface area contributed by atoms with Gasteiger partial charge in [0.15, 0.2) is 5.76 Å². The van der Waals surface area contributed by atoms with Gasteiger partial charge in [-0.3, -0.25) is 4.68 Å². The molecule has 92 valence electrons. The summed E-state index contributed by atoms with van der Waals surface area (Å²) in [5.74, 6) is 1.63. The summed E-state index contributed by atoms with van der Waals surface area (Å²) in [6, 6.07) is 9.75. The van der Waals surface area contributed by atoms with Gasteiger partial charge in [-0.05, 0) is 31.2 Å². The Hall–Kier alpha value is -2.23. The van der Waals surface area contributed by atoms with Gasteiger partial charge in [0, 0.05) is 18.0 Å². The number of benzene rings is 1. The van der Waals surface area contributed by atoms with Gasteiger partial charge in [0.25, 0.3) is 0 Å². The summed E-state index contributed by atoms with van der Waals surface area (Å²) in [7, 11) is 1.67. The fourth-order valence-electron chi connectivity index (χ4n) is 2.12. The Labute approximate surface area is 105 Å². The number of nitrogens with zero attached hydrogens (tertiary/aromatic N) is 2. The first-order chi connectivity index (χ1) is 8.83. The van der Waals surface area contributed by atoms with Gasteiger partial charge in [0.1, 0.15) is 11.4 Å². The van der Waals surface area contributed by atoms with Crippen LogP contribution in [0.25, 0.3) is 22.4 Å². The van der Waals surface area contributed by atoms with Crippen LogP contribution in [0.3, 0.4) is 0 Å².